The second-order valence-corrected chi connectivity index (χ2v) is 9.48. The van der Waals surface area contributed by atoms with Crippen LogP contribution in [-0.2, 0) is 23.1 Å². The van der Waals surface area contributed by atoms with Crippen LogP contribution in [0.1, 0.15) is 50.0 Å². The number of hydrogen-bond donors (Lipinski definition) is 0. The molecule has 2 fully saturated rings. The third-order valence-electron chi connectivity index (χ3n) is 5.52. The molecule has 8 heteroatoms. The van der Waals surface area contributed by atoms with E-state index in [1.807, 2.05) is 13.1 Å². The van der Waals surface area contributed by atoms with E-state index < -0.39 is 10.0 Å². The molecule has 0 N–H and O–H groups in total. The molecule has 1 saturated heterocycles. The molecule has 0 aromatic carbocycles. The first-order valence-corrected chi connectivity index (χ1v) is 11.0. The number of aromatic nitrogens is 4. The molecule has 3 heterocycles. The zero-order valence-corrected chi connectivity index (χ0v) is 16.3. The summed E-state index contributed by atoms with van der Waals surface area (Å²) >= 11 is 0. The Morgan fingerprint density at radius 2 is 2.04 bits per heavy atom. The van der Waals surface area contributed by atoms with Crippen molar-refractivity contribution < 1.29 is 8.42 Å². The van der Waals surface area contributed by atoms with Crippen LogP contribution < -0.4 is 0 Å². The van der Waals surface area contributed by atoms with Gasteiger partial charge in [0.15, 0.2) is 0 Å². The molecule has 2 aromatic heterocycles. The van der Waals surface area contributed by atoms with Crippen molar-refractivity contribution in [3.05, 3.63) is 30.1 Å². The van der Waals surface area contributed by atoms with Gasteiger partial charge in [-0.1, -0.05) is 0 Å². The minimum atomic E-state index is -3.46. The van der Waals surface area contributed by atoms with E-state index in [2.05, 4.69) is 21.6 Å². The Balaban J connectivity index is 1.50. The fourth-order valence-corrected chi connectivity index (χ4v) is 5.35. The van der Waals surface area contributed by atoms with E-state index in [4.69, 9.17) is 0 Å². The molecule has 0 radical (unpaired) electrons. The van der Waals surface area contributed by atoms with Gasteiger partial charge in [-0.05, 0) is 45.4 Å². The summed E-state index contributed by atoms with van der Waals surface area (Å²) in [5.41, 5.74) is 1.18. The lowest BCUT2D eigenvalue weighted by Crippen LogP contribution is -2.41. The molecular weight excluding hydrogens is 350 g/mol. The minimum absolute atomic E-state index is 0.303. The van der Waals surface area contributed by atoms with Gasteiger partial charge in [0.25, 0.3) is 0 Å². The first-order chi connectivity index (χ1) is 12.5. The van der Waals surface area contributed by atoms with E-state index in [9.17, 15) is 8.42 Å². The van der Waals surface area contributed by atoms with Crippen molar-refractivity contribution in [1.82, 2.24) is 23.6 Å². The highest BCUT2D eigenvalue weighted by atomic mass is 32.2. The van der Waals surface area contributed by atoms with Crippen LogP contribution in [0.5, 0.6) is 0 Å². The lowest BCUT2D eigenvalue weighted by Gasteiger charge is -2.32. The average Bonchev–Trinajstić information content (AvgIpc) is 3.24. The van der Waals surface area contributed by atoms with Gasteiger partial charge in [-0.15, -0.1) is 0 Å². The number of piperidine rings is 1. The SMILES string of the molecule is CCn1cc(S(=O)(=O)N2CCCC(Cn3c(C)cnc3C3CC3)C2)cn1. The number of nitrogens with zero attached hydrogens (tertiary/aromatic N) is 5. The summed E-state index contributed by atoms with van der Waals surface area (Å²) in [4.78, 5) is 4.89. The molecule has 1 aliphatic carbocycles. The Morgan fingerprint density at radius 1 is 1.23 bits per heavy atom. The van der Waals surface area contributed by atoms with Crippen molar-refractivity contribution in [3.8, 4) is 0 Å². The van der Waals surface area contributed by atoms with E-state index >= 15 is 0 Å². The predicted octanol–water partition coefficient (Wildman–Crippen LogP) is 2.39. The van der Waals surface area contributed by atoms with Crippen molar-refractivity contribution >= 4 is 10.0 Å². The van der Waals surface area contributed by atoms with Crippen molar-refractivity contribution in [3.63, 3.8) is 0 Å². The van der Waals surface area contributed by atoms with Crippen molar-refractivity contribution in [2.24, 2.45) is 5.92 Å². The summed E-state index contributed by atoms with van der Waals surface area (Å²) in [5, 5.41) is 4.12. The summed E-state index contributed by atoms with van der Waals surface area (Å²) in [6.07, 6.45) is 9.45. The fraction of sp³-hybridized carbons (Fsp3) is 0.667. The highest BCUT2D eigenvalue weighted by Crippen LogP contribution is 2.40. The lowest BCUT2D eigenvalue weighted by molar-refractivity contribution is 0.243. The zero-order valence-electron chi connectivity index (χ0n) is 15.5. The van der Waals surface area contributed by atoms with Crippen LogP contribution in [0.4, 0.5) is 0 Å². The lowest BCUT2D eigenvalue weighted by atomic mass is 9.99. The van der Waals surface area contributed by atoms with Gasteiger partial charge in [-0.25, -0.2) is 13.4 Å². The van der Waals surface area contributed by atoms with Gasteiger partial charge in [0.1, 0.15) is 10.7 Å². The van der Waals surface area contributed by atoms with Crippen LogP contribution >= 0.6 is 0 Å². The number of sulfonamides is 1. The average molecular weight is 378 g/mol. The number of rotatable bonds is 6. The van der Waals surface area contributed by atoms with Gasteiger partial charge in [0.2, 0.25) is 10.0 Å². The third kappa shape index (κ3) is 3.32. The summed E-state index contributed by atoms with van der Waals surface area (Å²) in [6.45, 7) is 6.73. The standard InChI is InChI=1S/C18H27N5O2S/c1-3-21-13-17(10-20-21)26(24,25)22-8-4-5-15(11-22)12-23-14(2)9-19-18(23)16-6-7-16/h9-10,13,15-16H,3-8,11-12H2,1-2H3. The van der Waals surface area contributed by atoms with Crippen LogP contribution in [0, 0.1) is 12.8 Å². The summed E-state index contributed by atoms with van der Waals surface area (Å²) in [7, 11) is -3.46. The van der Waals surface area contributed by atoms with Crippen LogP contribution in [0.2, 0.25) is 0 Å². The van der Waals surface area contributed by atoms with Crippen molar-refractivity contribution in [1.29, 1.82) is 0 Å². The number of imidazole rings is 1. The van der Waals surface area contributed by atoms with E-state index in [-0.39, 0.29) is 0 Å². The quantitative estimate of drug-likeness (QED) is 0.775. The summed E-state index contributed by atoms with van der Waals surface area (Å²) in [6, 6.07) is 0. The predicted molar refractivity (Wildman–Crippen MR) is 98.3 cm³/mol. The Morgan fingerprint density at radius 3 is 2.73 bits per heavy atom. The van der Waals surface area contributed by atoms with Crippen LogP contribution in [-0.4, -0.2) is 45.1 Å². The van der Waals surface area contributed by atoms with Gasteiger partial charge in [-0.2, -0.15) is 9.40 Å². The van der Waals surface area contributed by atoms with E-state index in [0.29, 0.717) is 36.4 Å². The monoisotopic (exact) mass is 377 g/mol. The normalized spacial score (nSPS) is 22.0. The second kappa shape index (κ2) is 6.81. The molecule has 0 bridgehead atoms. The molecule has 1 saturated carbocycles. The Bertz CT molecular complexity index is 881. The van der Waals surface area contributed by atoms with Crippen molar-refractivity contribution in [2.75, 3.05) is 13.1 Å². The molecule has 0 spiro atoms. The maximum absolute atomic E-state index is 13.0. The minimum Gasteiger partial charge on any atom is -0.332 e. The van der Waals surface area contributed by atoms with Crippen molar-refractivity contribution in [2.45, 2.75) is 63.4 Å². The molecule has 0 amide bonds. The summed E-state index contributed by atoms with van der Waals surface area (Å²) < 4.78 is 31.6. The third-order valence-corrected chi connectivity index (χ3v) is 7.34. The molecule has 2 aliphatic rings. The Labute approximate surface area is 155 Å². The topological polar surface area (TPSA) is 73.0 Å². The van der Waals surface area contributed by atoms with E-state index in [0.717, 1.165) is 19.4 Å². The maximum Gasteiger partial charge on any atom is 0.246 e. The molecular formula is C18H27N5O2S. The molecule has 1 aliphatic heterocycles. The second-order valence-electron chi connectivity index (χ2n) is 7.55. The highest BCUT2D eigenvalue weighted by Gasteiger charge is 2.33. The highest BCUT2D eigenvalue weighted by molar-refractivity contribution is 7.89. The van der Waals surface area contributed by atoms with E-state index in [1.165, 1.54) is 30.6 Å². The fourth-order valence-electron chi connectivity index (χ4n) is 3.84. The first-order valence-electron chi connectivity index (χ1n) is 9.53. The van der Waals surface area contributed by atoms with Gasteiger partial charge < -0.3 is 4.57 Å². The van der Waals surface area contributed by atoms with E-state index in [1.54, 1.807) is 15.2 Å². The number of hydrogen-bond acceptors (Lipinski definition) is 4. The first kappa shape index (κ1) is 17.7. The Kier molecular flexibility index (Phi) is 4.64. The molecule has 1 unspecified atom stereocenters. The molecule has 4 rings (SSSR count). The zero-order chi connectivity index (χ0) is 18.3. The Hall–Kier alpha value is -1.67. The van der Waals surface area contributed by atoms with Gasteiger partial charge in [-0.3, -0.25) is 4.68 Å². The van der Waals surface area contributed by atoms with Crippen LogP contribution in [0.3, 0.4) is 0 Å². The molecule has 142 valence electrons. The molecule has 7 nitrogen and oxygen atoms in total. The van der Waals surface area contributed by atoms with Crippen LogP contribution in [0.25, 0.3) is 0 Å². The molecule has 26 heavy (non-hydrogen) atoms. The van der Waals surface area contributed by atoms with Gasteiger partial charge in [0.05, 0.1) is 6.20 Å². The number of aryl methyl sites for hydroxylation is 2. The molecule has 2 aromatic rings. The van der Waals surface area contributed by atoms with Crippen LogP contribution in [0.15, 0.2) is 23.5 Å². The maximum atomic E-state index is 13.0. The largest absolute Gasteiger partial charge is 0.332 e. The smallest absolute Gasteiger partial charge is 0.246 e. The summed E-state index contributed by atoms with van der Waals surface area (Å²) in [5.74, 6) is 2.11. The van der Waals surface area contributed by atoms with Gasteiger partial charge >= 0.3 is 0 Å². The molecule has 1 atom stereocenters. The van der Waals surface area contributed by atoms with Gasteiger partial charge in [0, 0.05) is 50.2 Å².